The summed E-state index contributed by atoms with van der Waals surface area (Å²) in [6.07, 6.45) is 4.15. The van der Waals surface area contributed by atoms with Crippen molar-refractivity contribution in [2.45, 2.75) is 25.4 Å². The fourth-order valence-electron chi connectivity index (χ4n) is 1.41. The van der Waals surface area contributed by atoms with Crippen LogP contribution in [0.15, 0.2) is 11.7 Å². The summed E-state index contributed by atoms with van der Waals surface area (Å²) >= 11 is 1.60. The van der Waals surface area contributed by atoms with Crippen molar-refractivity contribution in [3.05, 3.63) is 16.6 Å². The number of aromatic nitrogens is 1. The predicted molar refractivity (Wildman–Crippen MR) is 59.6 cm³/mol. The van der Waals surface area contributed by atoms with Gasteiger partial charge < -0.3 is 10.2 Å². The molecule has 82 valence electrons. The molecule has 0 saturated heterocycles. The van der Waals surface area contributed by atoms with Crippen LogP contribution in [0.5, 0.6) is 0 Å². The van der Waals surface area contributed by atoms with E-state index < -0.39 is 0 Å². The van der Waals surface area contributed by atoms with E-state index in [1.807, 2.05) is 18.1 Å². The van der Waals surface area contributed by atoms with E-state index in [1.54, 1.807) is 16.8 Å². The summed E-state index contributed by atoms with van der Waals surface area (Å²) in [5.74, 6) is 0.182. The van der Waals surface area contributed by atoms with Crippen LogP contribution in [0.2, 0.25) is 0 Å². The summed E-state index contributed by atoms with van der Waals surface area (Å²) < 4.78 is 0. The molecule has 1 aromatic heterocycles. The van der Waals surface area contributed by atoms with Crippen LogP contribution >= 0.6 is 11.3 Å². The topological polar surface area (TPSA) is 45.2 Å². The first kappa shape index (κ1) is 10.6. The number of carbonyl (C=O) groups excluding carboxylic acids is 1. The molecular formula is C10H15N3OS. The zero-order valence-corrected chi connectivity index (χ0v) is 9.59. The standard InChI is InChI=1S/C10H15N3OS/c1-13(8-2-3-8)10(14)6-11-4-9-5-12-7-15-9/h5,7-8,11H,2-4,6H2,1H3. The maximum Gasteiger partial charge on any atom is 0.236 e. The molecule has 1 saturated carbocycles. The van der Waals surface area contributed by atoms with E-state index in [-0.39, 0.29) is 5.91 Å². The summed E-state index contributed by atoms with van der Waals surface area (Å²) in [6, 6.07) is 0.503. The smallest absolute Gasteiger partial charge is 0.236 e. The van der Waals surface area contributed by atoms with Gasteiger partial charge in [0, 0.05) is 30.7 Å². The highest BCUT2D eigenvalue weighted by atomic mass is 32.1. The van der Waals surface area contributed by atoms with E-state index in [4.69, 9.17) is 0 Å². The molecule has 0 bridgehead atoms. The summed E-state index contributed by atoms with van der Waals surface area (Å²) in [6.45, 7) is 1.15. The minimum atomic E-state index is 0.182. The van der Waals surface area contributed by atoms with Crippen molar-refractivity contribution < 1.29 is 4.79 Å². The lowest BCUT2D eigenvalue weighted by molar-refractivity contribution is -0.129. The summed E-state index contributed by atoms with van der Waals surface area (Å²) in [7, 11) is 1.88. The molecular weight excluding hydrogens is 210 g/mol. The molecule has 2 rings (SSSR count). The van der Waals surface area contributed by atoms with Crippen molar-refractivity contribution in [1.29, 1.82) is 0 Å². The van der Waals surface area contributed by atoms with Gasteiger partial charge in [0.25, 0.3) is 0 Å². The second-order valence-corrected chi connectivity index (χ2v) is 4.78. The number of amides is 1. The molecule has 1 fully saturated rings. The predicted octanol–water partition coefficient (Wildman–Crippen LogP) is 0.853. The number of hydrogen-bond donors (Lipinski definition) is 1. The first-order chi connectivity index (χ1) is 7.27. The van der Waals surface area contributed by atoms with E-state index in [0.717, 1.165) is 24.3 Å². The van der Waals surface area contributed by atoms with Crippen LogP contribution in [0.4, 0.5) is 0 Å². The van der Waals surface area contributed by atoms with Crippen LogP contribution in [0.1, 0.15) is 17.7 Å². The molecule has 0 aliphatic heterocycles. The van der Waals surface area contributed by atoms with E-state index >= 15 is 0 Å². The van der Waals surface area contributed by atoms with Crippen LogP contribution in [-0.4, -0.2) is 35.4 Å². The summed E-state index contributed by atoms with van der Waals surface area (Å²) in [5.41, 5.74) is 1.80. The normalized spacial score (nSPS) is 15.3. The molecule has 0 atom stereocenters. The van der Waals surface area contributed by atoms with E-state index in [2.05, 4.69) is 10.3 Å². The molecule has 15 heavy (non-hydrogen) atoms. The van der Waals surface area contributed by atoms with Gasteiger partial charge >= 0.3 is 0 Å². The molecule has 0 spiro atoms. The van der Waals surface area contributed by atoms with E-state index in [1.165, 1.54) is 0 Å². The van der Waals surface area contributed by atoms with Crippen LogP contribution < -0.4 is 5.32 Å². The van der Waals surface area contributed by atoms with Gasteiger partial charge in [-0.3, -0.25) is 9.78 Å². The van der Waals surface area contributed by atoms with Gasteiger partial charge in [-0.15, -0.1) is 11.3 Å². The van der Waals surface area contributed by atoms with Gasteiger partial charge in [-0.05, 0) is 12.8 Å². The van der Waals surface area contributed by atoms with Crippen molar-refractivity contribution in [2.75, 3.05) is 13.6 Å². The fraction of sp³-hybridized carbons (Fsp3) is 0.600. The van der Waals surface area contributed by atoms with E-state index in [0.29, 0.717) is 12.6 Å². The Morgan fingerprint density at radius 1 is 1.73 bits per heavy atom. The number of nitrogens with one attached hydrogen (secondary N) is 1. The molecule has 0 radical (unpaired) electrons. The largest absolute Gasteiger partial charge is 0.342 e. The summed E-state index contributed by atoms with van der Waals surface area (Å²) in [4.78, 5) is 18.6. The Morgan fingerprint density at radius 3 is 3.13 bits per heavy atom. The number of hydrogen-bond acceptors (Lipinski definition) is 4. The highest BCUT2D eigenvalue weighted by molar-refractivity contribution is 7.09. The number of thiazole rings is 1. The average Bonchev–Trinajstić information content (AvgIpc) is 2.96. The Morgan fingerprint density at radius 2 is 2.53 bits per heavy atom. The fourth-order valence-corrected chi connectivity index (χ4v) is 1.98. The van der Waals surface area contributed by atoms with Gasteiger partial charge in [0.2, 0.25) is 5.91 Å². The van der Waals surface area contributed by atoms with Crippen LogP contribution in [0.25, 0.3) is 0 Å². The maximum absolute atomic E-state index is 11.6. The first-order valence-electron chi connectivity index (χ1n) is 5.11. The molecule has 4 nitrogen and oxygen atoms in total. The monoisotopic (exact) mass is 225 g/mol. The Hall–Kier alpha value is -0.940. The molecule has 0 unspecified atom stereocenters. The number of carbonyl (C=O) groups is 1. The van der Waals surface area contributed by atoms with E-state index in [9.17, 15) is 4.79 Å². The molecule has 1 heterocycles. The first-order valence-corrected chi connectivity index (χ1v) is 5.99. The van der Waals surface area contributed by atoms with Crippen molar-refractivity contribution in [1.82, 2.24) is 15.2 Å². The highest BCUT2D eigenvalue weighted by Gasteiger charge is 2.28. The average molecular weight is 225 g/mol. The van der Waals surface area contributed by atoms with Gasteiger partial charge in [-0.1, -0.05) is 0 Å². The molecule has 1 amide bonds. The number of rotatable bonds is 5. The Kier molecular flexibility index (Phi) is 3.33. The van der Waals surface area contributed by atoms with Gasteiger partial charge in [-0.2, -0.15) is 0 Å². The number of likely N-dealkylation sites (N-methyl/N-ethyl adjacent to an activating group) is 1. The van der Waals surface area contributed by atoms with Crippen molar-refractivity contribution >= 4 is 17.2 Å². The highest BCUT2D eigenvalue weighted by Crippen LogP contribution is 2.25. The lowest BCUT2D eigenvalue weighted by Gasteiger charge is -2.16. The lowest BCUT2D eigenvalue weighted by Crippen LogP contribution is -2.36. The Bertz CT molecular complexity index is 321. The second kappa shape index (κ2) is 4.72. The molecule has 1 aliphatic rings. The molecule has 1 aromatic rings. The molecule has 0 aromatic carbocycles. The van der Waals surface area contributed by atoms with Crippen molar-refractivity contribution in [3.63, 3.8) is 0 Å². The maximum atomic E-state index is 11.6. The van der Waals surface area contributed by atoms with Crippen molar-refractivity contribution in [2.24, 2.45) is 0 Å². The number of nitrogens with zero attached hydrogens (tertiary/aromatic N) is 2. The zero-order chi connectivity index (χ0) is 10.7. The third-order valence-corrected chi connectivity index (χ3v) is 3.33. The Labute approximate surface area is 93.3 Å². The third kappa shape index (κ3) is 3.00. The van der Waals surface area contributed by atoms with Crippen LogP contribution in [-0.2, 0) is 11.3 Å². The minimum Gasteiger partial charge on any atom is -0.342 e. The second-order valence-electron chi connectivity index (χ2n) is 3.81. The van der Waals surface area contributed by atoms with Gasteiger partial charge in [0.05, 0.1) is 12.1 Å². The van der Waals surface area contributed by atoms with Gasteiger partial charge in [0.15, 0.2) is 0 Å². The zero-order valence-electron chi connectivity index (χ0n) is 8.77. The van der Waals surface area contributed by atoms with Gasteiger partial charge in [0.1, 0.15) is 0 Å². The molecule has 5 heteroatoms. The van der Waals surface area contributed by atoms with Crippen LogP contribution in [0, 0.1) is 0 Å². The third-order valence-electron chi connectivity index (χ3n) is 2.55. The molecule has 1 N–H and O–H groups in total. The Balaban J connectivity index is 1.67. The van der Waals surface area contributed by atoms with Gasteiger partial charge in [-0.25, -0.2) is 0 Å². The van der Waals surface area contributed by atoms with Crippen LogP contribution in [0.3, 0.4) is 0 Å². The quantitative estimate of drug-likeness (QED) is 0.808. The SMILES string of the molecule is CN(C(=O)CNCc1cncs1)C1CC1. The summed E-state index contributed by atoms with van der Waals surface area (Å²) in [5, 5.41) is 3.13. The van der Waals surface area contributed by atoms with Crippen molar-refractivity contribution in [3.8, 4) is 0 Å². The minimum absolute atomic E-state index is 0.182. The lowest BCUT2D eigenvalue weighted by atomic mass is 10.4. The molecule has 1 aliphatic carbocycles.